The van der Waals surface area contributed by atoms with Crippen molar-refractivity contribution in [2.24, 2.45) is 0 Å². The maximum absolute atomic E-state index is 2.45. The van der Waals surface area contributed by atoms with Crippen molar-refractivity contribution < 1.29 is 0 Å². The molecule has 46 heavy (non-hydrogen) atoms. The number of nitrogens with zero attached hydrogens (tertiary/aromatic N) is 1. The van der Waals surface area contributed by atoms with E-state index in [-0.39, 0.29) is 0 Å². The van der Waals surface area contributed by atoms with E-state index in [1.54, 1.807) is 0 Å². The van der Waals surface area contributed by atoms with E-state index in [0.717, 1.165) is 11.4 Å². The highest BCUT2D eigenvalue weighted by Gasteiger charge is 2.22. The van der Waals surface area contributed by atoms with Crippen molar-refractivity contribution in [3.8, 4) is 0 Å². The summed E-state index contributed by atoms with van der Waals surface area (Å²) in [5.41, 5.74) is 3.49. The molecule has 0 spiro atoms. The van der Waals surface area contributed by atoms with Gasteiger partial charge in [0.1, 0.15) is 0 Å². The zero-order chi connectivity index (χ0) is 30.8. The largest absolute Gasteiger partial charge is 0.310 e. The van der Waals surface area contributed by atoms with Gasteiger partial charge in [-0.2, -0.15) is 10.0 Å². The molecule has 0 amide bonds. The lowest BCUT2D eigenvalue weighted by atomic mass is 9.89. The van der Waals surface area contributed by atoms with Crippen LogP contribution >= 0.6 is 10.0 Å². The Morgan fingerprint density at radius 2 is 0.913 bits per heavy atom. The number of anilines is 3. The molecule has 0 saturated carbocycles. The second-order valence-electron chi connectivity index (χ2n) is 12.6. The van der Waals surface area contributed by atoms with Crippen LogP contribution in [0.4, 0.5) is 17.1 Å². The summed E-state index contributed by atoms with van der Waals surface area (Å²) in [6.07, 6.45) is 4.78. The molecule has 1 nitrogen and oxygen atoms in total. The first-order valence-corrected chi connectivity index (χ1v) is 18.3. The molecular weight excluding hydrogens is 575 g/mol. The highest BCUT2D eigenvalue weighted by molar-refractivity contribution is 8.32. The van der Waals surface area contributed by atoms with Gasteiger partial charge in [-0.15, -0.1) is 0 Å². The van der Waals surface area contributed by atoms with E-state index in [0.29, 0.717) is 0 Å². The summed E-state index contributed by atoms with van der Waals surface area (Å²) in [5.74, 6) is 0. The molecular formula is C44H33NS. The van der Waals surface area contributed by atoms with Crippen LogP contribution in [0.3, 0.4) is 0 Å². The normalized spacial score (nSPS) is 12.5. The number of fused-ring (bicyclic) bond motifs is 3. The molecule has 0 aromatic heterocycles. The standard InChI is InChI=1S/C44H33NS/c1-46(2,35-15-4-3-5-16-35)36-25-23-33(24-26-36)45(34-22-21-30-11-6-7-12-32(30)29-34)42-28-27-40-38-18-9-14-31-13-8-17-37(43(31)38)39-19-10-20-41(42)44(39)40/h3-29H,1-2H3. The molecule has 2 heteroatoms. The fourth-order valence-corrected chi connectivity index (χ4v) is 9.33. The van der Waals surface area contributed by atoms with Crippen molar-refractivity contribution in [3.05, 3.63) is 164 Å². The minimum Gasteiger partial charge on any atom is -0.310 e. The Bertz CT molecular complexity index is 2500. The molecule has 0 aliphatic carbocycles. The van der Waals surface area contributed by atoms with Gasteiger partial charge in [0.25, 0.3) is 0 Å². The summed E-state index contributed by atoms with van der Waals surface area (Å²) in [5, 5.41) is 12.9. The fraction of sp³-hybridized carbons (Fsp3) is 0.0455. The predicted molar refractivity (Wildman–Crippen MR) is 202 cm³/mol. The Morgan fingerprint density at radius 1 is 0.370 bits per heavy atom. The van der Waals surface area contributed by atoms with E-state index < -0.39 is 10.0 Å². The second-order valence-corrected chi connectivity index (χ2v) is 16.2. The number of hydrogen-bond donors (Lipinski definition) is 0. The molecule has 0 atom stereocenters. The molecule has 0 aliphatic rings. The van der Waals surface area contributed by atoms with Gasteiger partial charge in [0.2, 0.25) is 0 Å². The van der Waals surface area contributed by atoms with E-state index in [2.05, 4.69) is 181 Å². The van der Waals surface area contributed by atoms with Gasteiger partial charge in [-0.05, 0) is 125 Å². The first-order chi connectivity index (χ1) is 22.6. The zero-order valence-electron chi connectivity index (χ0n) is 25.9. The van der Waals surface area contributed by atoms with Gasteiger partial charge in [-0.1, -0.05) is 109 Å². The monoisotopic (exact) mass is 607 g/mol. The van der Waals surface area contributed by atoms with Crippen molar-refractivity contribution >= 4 is 81.0 Å². The molecule has 220 valence electrons. The third-order valence-electron chi connectivity index (χ3n) is 9.75. The number of hydrogen-bond acceptors (Lipinski definition) is 1. The average Bonchev–Trinajstić information content (AvgIpc) is 3.11. The molecule has 0 radical (unpaired) electrons. The van der Waals surface area contributed by atoms with E-state index in [1.165, 1.54) is 69.3 Å². The summed E-state index contributed by atoms with van der Waals surface area (Å²) in [6.45, 7) is 0. The molecule has 9 aromatic carbocycles. The van der Waals surface area contributed by atoms with Crippen LogP contribution in [0, 0.1) is 0 Å². The van der Waals surface area contributed by atoms with Gasteiger partial charge in [0.15, 0.2) is 0 Å². The summed E-state index contributed by atoms with van der Waals surface area (Å²) in [4.78, 5) is 5.22. The van der Waals surface area contributed by atoms with Crippen LogP contribution in [0.25, 0.3) is 53.9 Å². The number of benzene rings is 9. The minimum absolute atomic E-state index is 1.15. The van der Waals surface area contributed by atoms with Crippen LogP contribution in [-0.4, -0.2) is 12.5 Å². The Balaban J connectivity index is 1.29. The topological polar surface area (TPSA) is 3.24 Å². The third kappa shape index (κ3) is 4.11. The molecule has 9 rings (SSSR count). The zero-order valence-corrected chi connectivity index (χ0v) is 26.8. The molecule has 0 N–H and O–H groups in total. The lowest BCUT2D eigenvalue weighted by Gasteiger charge is -2.33. The van der Waals surface area contributed by atoms with Gasteiger partial charge < -0.3 is 4.90 Å². The summed E-state index contributed by atoms with van der Waals surface area (Å²) in [7, 11) is -1.15. The van der Waals surface area contributed by atoms with Crippen LogP contribution in [0.5, 0.6) is 0 Å². The van der Waals surface area contributed by atoms with Crippen molar-refractivity contribution in [3.63, 3.8) is 0 Å². The van der Waals surface area contributed by atoms with E-state index in [4.69, 9.17) is 0 Å². The van der Waals surface area contributed by atoms with Crippen LogP contribution in [0.2, 0.25) is 0 Å². The van der Waals surface area contributed by atoms with E-state index in [1.807, 2.05) is 0 Å². The van der Waals surface area contributed by atoms with E-state index in [9.17, 15) is 0 Å². The molecule has 0 saturated heterocycles. The summed E-state index contributed by atoms with van der Waals surface area (Å²) in [6, 6.07) is 60.6. The van der Waals surface area contributed by atoms with Gasteiger partial charge in [-0.25, -0.2) is 0 Å². The van der Waals surface area contributed by atoms with Gasteiger partial charge in [-0.3, -0.25) is 0 Å². The first kappa shape index (κ1) is 27.0. The van der Waals surface area contributed by atoms with E-state index >= 15 is 0 Å². The molecule has 0 heterocycles. The third-order valence-corrected chi connectivity index (χ3v) is 12.7. The predicted octanol–water partition coefficient (Wildman–Crippen LogP) is 12.8. The Labute approximate surface area is 271 Å². The Kier molecular flexibility index (Phi) is 6.10. The molecule has 0 fully saturated rings. The fourth-order valence-electron chi connectivity index (χ4n) is 7.40. The summed E-state index contributed by atoms with van der Waals surface area (Å²) < 4.78 is 0. The lowest BCUT2D eigenvalue weighted by molar-refractivity contribution is 1.28. The maximum Gasteiger partial charge on any atom is 0.0540 e. The highest BCUT2D eigenvalue weighted by Crippen LogP contribution is 2.57. The average molecular weight is 608 g/mol. The van der Waals surface area contributed by atoms with Crippen LogP contribution in [0.15, 0.2) is 174 Å². The SMILES string of the molecule is CS(C)(c1ccccc1)c1ccc(N(c2ccc3ccccc3c2)c2ccc3c4cccc5cccc(c6cccc2c63)c54)cc1. The Hall–Kier alpha value is -5.31. The highest BCUT2D eigenvalue weighted by atomic mass is 32.3. The van der Waals surface area contributed by atoms with Crippen molar-refractivity contribution in [2.75, 3.05) is 17.4 Å². The minimum atomic E-state index is -1.15. The van der Waals surface area contributed by atoms with Crippen molar-refractivity contribution in [1.29, 1.82) is 0 Å². The van der Waals surface area contributed by atoms with Crippen molar-refractivity contribution in [2.45, 2.75) is 9.79 Å². The molecule has 9 aromatic rings. The van der Waals surface area contributed by atoms with Gasteiger partial charge in [0, 0.05) is 16.8 Å². The van der Waals surface area contributed by atoms with Crippen LogP contribution in [0.1, 0.15) is 0 Å². The summed E-state index contributed by atoms with van der Waals surface area (Å²) >= 11 is 0. The number of rotatable bonds is 5. The quantitative estimate of drug-likeness (QED) is 0.139. The Morgan fingerprint density at radius 3 is 1.65 bits per heavy atom. The lowest BCUT2D eigenvalue weighted by Crippen LogP contribution is -2.11. The molecule has 0 unspecified atom stereocenters. The van der Waals surface area contributed by atoms with Crippen LogP contribution < -0.4 is 4.90 Å². The second kappa shape index (κ2) is 10.4. The van der Waals surface area contributed by atoms with Gasteiger partial charge in [0.05, 0.1) is 5.69 Å². The molecule has 0 bridgehead atoms. The molecule has 0 aliphatic heterocycles. The maximum atomic E-state index is 2.45. The first-order valence-electron chi connectivity index (χ1n) is 15.8. The van der Waals surface area contributed by atoms with Crippen molar-refractivity contribution in [1.82, 2.24) is 0 Å². The van der Waals surface area contributed by atoms with Crippen LogP contribution in [-0.2, 0) is 0 Å². The smallest absolute Gasteiger partial charge is 0.0540 e. The van der Waals surface area contributed by atoms with Gasteiger partial charge >= 0.3 is 0 Å².